The molecule has 1 aromatic rings. The van der Waals surface area contributed by atoms with E-state index in [-0.39, 0.29) is 11.8 Å². The van der Waals surface area contributed by atoms with Crippen LogP contribution in [0, 0.1) is 19.8 Å². The first-order valence-electron chi connectivity index (χ1n) is 7.39. The molecule has 6 nitrogen and oxygen atoms in total. The largest absolute Gasteiger partial charge is 0.479 e. The second kappa shape index (κ2) is 6.32. The molecule has 1 aromatic heterocycles. The van der Waals surface area contributed by atoms with Crippen molar-refractivity contribution in [3.8, 4) is 0 Å². The molecule has 7 heteroatoms. The number of aryl methyl sites for hydroxylation is 2. The molecule has 2 heterocycles. The van der Waals surface area contributed by atoms with E-state index in [1.807, 2.05) is 32.5 Å². The summed E-state index contributed by atoms with van der Waals surface area (Å²) in [6.07, 6.45) is 1.05. The van der Waals surface area contributed by atoms with Crippen molar-refractivity contribution in [2.75, 3.05) is 11.5 Å². The van der Waals surface area contributed by atoms with Gasteiger partial charge in [-0.1, -0.05) is 6.92 Å². The zero-order valence-corrected chi connectivity index (χ0v) is 14.3. The summed E-state index contributed by atoms with van der Waals surface area (Å²) in [6, 6.07) is 0. The van der Waals surface area contributed by atoms with E-state index in [0.29, 0.717) is 18.6 Å². The number of carboxylic acids is 1. The number of nitrogens with zero attached hydrogens (tertiary/aromatic N) is 2. The molecular formula is C15H23N3O3S. The molecule has 1 aliphatic rings. The van der Waals surface area contributed by atoms with E-state index in [1.54, 1.807) is 11.8 Å². The molecule has 1 aliphatic heterocycles. The van der Waals surface area contributed by atoms with Crippen LogP contribution in [0.1, 0.15) is 30.3 Å². The van der Waals surface area contributed by atoms with Gasteiger partial charge in [0.15, 0.2) is 0 Å². The molecular weight excluding hydrogens is 302 g/mol. The van der Waals surface area contributed by atoms with Crippen LogP contribution < -0.4 is 5.32 Å². The van der Waals surface area contributed by atoms with Crippen molar-refractivity contribution < 1.29 is 14.7 Å². The molecule has 0 aromatic carbocycles. The molecule has 0 radical (unpaired) electrons. The zero-order chi connectivity index (χ0) is 16.5. The smallest absolute Gasteiger partial charge is 0.330 e. The van der Waals surface area contributed by atoms with Gasteiger partial charge in [0.05, 0.1) is 5.69 Å². The Balaban J connectivity index is 2.07. The van der Waals surface area contributed by atoms with Gasteiger partial charge in [-0.3, -0.25) is 9.48 Å². The summed E-state index contributed by atoms with van der Waals surface area (Å²) in [4.78, 5) is 23.9. The molecule has 0 aliphatic carbocycles. The van der Waals surface area contributed by atoms with Gasteiger partial charge in [-0.25, -0.2) is 4.79 Å². The second-order valence-corrected chi connectivity index (χ2v) is 7.16. The highest BCUT2D eigenvalue weighted by atomic mass is 32.2. The highest BCUT2D eigenvalue weighted by molar-refractivity contribution is 7.99. The van der Waals surface area contributed by atoms with Gasteiger partial charge in [0, 0.05) is 24.4 Å². The van der Waals surface area contributed by atoms with E-state index in [2.05, 4.69) is 10.4 Å². The van der Waals surface area contributed by atoms with E-state index in [4.69, 9.17) is 0 Å². The van der Waals surface area contributed by atoms with Gasteiger partial charge in [-0.15, -0.1) is 0 Å². The summed E-state index contributed by atoms with van der Waals surface area (Å²) < 4.78 is 1.81. The fraction of sp³-hybridized carbons (Fsp3) is 0.667. The van der Waals surface area contributed by atoms with Gasteiger partial charge in [0.2, 0.25) is 5.91 Å². The van der Waals surface area contributed by atoms with Crippen LogP contribution in [0.15, 0.2) is 0 Å². The number of hydrogen-bond acceptors (Lipinski definition) is 4. The Bertz CT molecular complexity index is 591. The Kier molecular flexibility index (Phi) is 4.84. The monoisotopic (exact) mass is 325 g/mol. The summed E-state index contributed by atoms with van der Waals surface area (Å²) in [7, 11) is 1.88. The number of aliphatic carboxylic acids is 1. The number of carbonyl (C=O) groups is 2. The molecule has 2 N–H and O–H groups in total. The van der Waals surface area contributed by atoms with Crippen molar-refractivity contribution in [2.45, 2.75) is 39.2 Å². The number of hydrogen-bond donors (Lipinski definition) is 2. The molecule has 2 atom stereocenters. The molecule has 122 valence electrons. The van der Waals surface area contributed by atoms with Crippen molar-refractivity contribution >= 4 is 23.6 Å². The van der Waals surface area contributed by atoms with Crippen molar-refractivity contribution in [1.29, 1.82) is 0 Å². The summed E-state index contributed by atoms with van der Waals surface area (Å²) in [5.74, 6) is -0.226. The number of carboxylic acid groups (broad SMARTS) is 1. The highest BCUT2D eigenvalue weighted by Gasteiger charge is 2.43. The lowest BCUT2D eigenvalue weighted by Crippen LogP contribution is -2.56. The van der Waals surface area contributed by atoms with E-state index < -0.39 is 11.5 Å². The SMILES string of the molecule is Cc1nn(C)c(C)c1CC(C)C(=O)NC1(C(=O)O)CCSC1. The van der Waals surface area contributed by atoms with E-state index in [1.165, 1.54) is 0 Å². The number of nitrogens with one attached hydrogen (secondary N) is 1. The molecule has 1 fully saturated rings. The van der Waals surface area contributed by atoms with Crippen LogP contribution in [0.25, 0.3) is 0 Å². The van der Waals surface area contributed by atoms with Gasteiger partial charge in [-0.05, 0) is 38.0 Å². The van der Waals surface area contributed by atoms with Gasteiger partial charge in [0.1, 0.15) is 5.54 Å². The minimum absolute atomic E-state index is 0.201. The summed E-state index contributed by atoms with van der Waals surface area (Å²) in [5, 5.41) is 16.6. The van der Waals surface area contributed by atoms with Crippen LogP contribution in [0.4, 0.5) is 0 Å². The third-order valence-corrected chi connectivity index (χ3v) is 5.60. The quantitative estimate of drug-likeness (QED) is 0.852. The maximum Gasteiger partial charge on any atom is 0.330 e. The summed E-state index contributed by atoms with van der Waals surface area (Å²) in [6.45, 7) is 5.74. The summed E-state index contributed by atoms with van der Waals surface area (Å²) >= 11 is 1.57. The van der Waals surface area contributed by atoms with Gasteiger partial charge in [-0.2, -0.15) is 16.9 Å². The van der Waals surface area contributed by atoms with E-state index >= 15 is 0 Å². The molecule has 0 bridgehead atoms. The molecule has 2 unspecified atom stereocenters. The molecule has 2 rings (SSSR count). The Labute approximate surface area is 134 Å². The lowest BCUT2D eigenvalue weighted by molar-refractivity contribution is -0.147. The predicted octanol–water partition coefficient (Wildman–Crippen LogP) is 1.29. The van der Waals surface area contributed by atoms with Crippen molar-refractivity contribution in [3.05, 3.63) is 17.0 Å². The number of aromatic nitrogens is 2. The topological polar surface area (TPSA) is 84.2 Å². The highest BCUT2D eigenvalue weighted by Crippen LogP contribution is 2.29. The van der Waals surface area contributed by atoms with Crippen molar-refractivity contribution in [1.82, 2.24) is 15.1 Å². The van der Waals surface area contributed by atoms with Gasteiger partial charge in [0.25, 0.3) is 0 Å². The first-order chi connectivity index (χ1) is 10.3. The predicted molar refractivity (Wildman–Crippen MR) is 86.0 cm³/mol. The number of amides is 1. The van der Waals surface area contributed by atoms with Crippen LogP contribution in [0.3, 0.4) is 0 Å². The fourth-order valence-corrected chi connectivity index (χ4v) is 4.08. The van der Waals surface area contributed by atoms with Gasteiger partial charge < -0.3 is 10.4 Å². The first kappa shape index (κ1) is 16.9. The minimum Gasteiger partial charge on any atom is -0.479 e. The fourth-order valence-electron chi connectivity index (χ4n) is 2.76. The maximum absolute atomic E-state index is 12.4. The van der Waals surface area contributed by atoms with Gasteiger partial charge >= 0.3 is 5.97 Å². The molecule has 0 saturated carbocycles. The third-order valence-electron chi connectivity index (χ3n) is 4.41. The van der Waals surface area contributed by atoms with Crippen LogP contribution in [0.5, 0.6) is 0 Å². The van der Waals surface area contributed by atoms with E-state index in [9.17, 15) is 14.7 Å². The molecule has 22 heavy (non-hydrogen) atoms. The summed E-state index contributed by atoms with van der Waals surface area (Å²) in [5.41, 5.74) is 1.93. The molecule has 1 amide bonds. The van der Waals surface area contributed by atoms with E-state index in [0.717, 1.165) is 22.7 Å². The minimum atomic E-state index is -1.10. The first-order valence-corrected chi connectivity index (χ1v) is 8.54. The standard InChI is InChI=1S/C15H23N3O3S/c1-9(7-12-10(2)17-18(4)11(12)3)13(19)16-15(14(20)21)5-6-22-8-15/h9H,5-8H2,1-4H3,(H,16,19)(H,20,21). The van der Waals surface area contributed by atoms with Crippen LogP contribution >= 0.6 is 11.8 Å². The lowest BCUT2D eigenvalue weighted by atomic mass is 9.95. The average molecular weight is 325 g/mol. The molecule has 1 saturated heterocycles. The average Bonchev–Trinajstić information content (AvgIpc) is 3.00. The van der Waals surface area contributed by atoms with Crippen LogP contribution in [0.2, 0.25) is 0 Å². The zero-order valence-electron chi connectivity index (χ0n) is 13.5. The second-order valence-electron chi connectivity index (χ2n) is 6.06. The van der Waals surface area contributed by atoms with Crippen molar-refractivity contribution in [3.63, 3.8) is 0 Å². The Hall–Kier alpha value is -1.50. The Morgan fingerprint density at radius 3 is 2.64 bits per heavy atom. The molecule has 0 spiro atoms. The lowest BCUT2D eigenvalue weighted by Gasteiger charge is -2.26. The van der Waals surface area contributed by atoms with Crippen LogP contribution in [-0.2, 0) is 23.1 Å². The number of thioether (sulfide) groups is 1. The van der Waals surface area contributed by atoms with Crippen molar-refractivity contribution in [2.24, 2.45) is 13.0 Å². The third kappa shape index (κ3) is 3.14. The van der Waals surface area contributed by atoms with Crippen LogP contribution in [-0.4, -0.2) is 43.8 Å². The Morgan fingerprint density at radius 2 is 2.18 bits per heavy atom. The Morgan fingerprint density at radius 1 is 1.50 bits per heavy atom. The number of rotatable bonds is 5. The maximum atomic E-state index is 12.4. The normalized spacial score (nSPS) is 22.5. The number of carbonyl (C=O) groups excluding carboxylic acids is 1.